The van der Waals surface area contributed by atoms with Crippen molar-refractivity contribution in [3.05, 3.63) is 29.8 Å². The lowest BCUT2D eigenvalue weighted by atomic mass is 10.1. The molecule has 0 aromatic heterocycles. The highest BCUT2D eigenvalue weighted by atomic mass is 32.2. The van der Waals surface area contributed by atoms with Gasteiger partial charge in [0.05, 0.1) is 11.4 Å². The topological polar surface area (TPSA) is 64.2 Å². The molecule has 0 spiro atoms. The summed E-state index contributed by atoms with van der Waals surface area (Å²) in [5, 5.41) is 0. The number of likely N-dealkylation sites (N-methyl/N-ethyl adjacent to an activating group) is 1. The van der Waals surface area contributed by atoms with Crippen LogP contribution in [-0.4, -0.2) is 92.4 Å². The van der Waals surface area contributed by atoms with Gasteiger partial charge in [0, 0.05) is 39.3 Å². The third-order valence-corrected chi connectivity index (χ3v) is 7.77. The summed E-state index contributed by atoms with van der Waals surface area (Å²) in [6.45, 7) is 11.0. The Kier molecular flexibility index (Phi) is 6.98. The molecule has 162 valence electrons. The lowest BCUT2D eigenvalue weighted by Gasteiger charge is -2.45. The second kappa shape index (κ2) is 9.12. The molecule has 7 nitrogen and oxygen atoms in total. The van der Waals surface area contributed by atoms with Crippen molar-refractivity contribution in [3.8, 4) is 0 Å². The Morgan fingerprint density at radius 3 is 2.24 bits per heavy atom. The van der Waals surface area contributed by atoms with E-state index in [1.54, 1.807) is 17.0 Å². The highest BCUT2D eigenvalue weighted by molar-refractivity contribution is 7.89. The molecular formula is C21H34N4O3S. The number of benzene rings is 1. The zero-order valence-corrected chi connectivity index (χ0v) is 18.9. The van der Waals surface area contributed by atoms with Crippen LogP contribution in [0.4, 0.5) is 0 Å². The summed E-state index contributed by atoms with van der Waals surface area (Å²) in [4.78, 5) is 19.7. The molecule has 0 radical (unpaired) electrons. The molecule has 0 saturated carbocycles. The Morgan fingerprint density at radius 2 is 1.66 bits per heavy atom. The van der Waals surface area contributed by atoms with E-state index in [1.807, 2.05) is 32.9 Å². The number of amides is 1. The van der Waals surface area contributed by atoms with Crippen LogP contribution < -0.4 is 0 Å². The number of hydrogen-bond donors (Lipinski definition) is 0. The van der Waals surface area contributed by atoms with Crippen molar-refractivity contribution < 1.29 is 13.2 Å². The van der Waals surface area contributed by atoms with Gasteiger partial charge in [0.1, 0.15) is 6.17 Å². The summed E-state index contributed by atoms with van der Waals surface area (Å²) in [5.74, 6) is 0.0315. The van der Waals surface area contributed by atoms with Gasteiger partial charge in [-0.1, -0.05) is 31.5 Å². The fraction of sp³-hybridized carbons (Fsp3) is 0.667. The van der Waals surface area contributed by atoms with Crippen molar-refractivity contribution in [2.24, 2.45) is 5.92 Å². The Bertz CT molecular complexity index is 802. The Hall–Kier alpha value is -1.48. The van der Waals surface area contributed by atoms with Crippen molar-refractivity contribution in [3.63, 3.8) is 0 Å². The van der Waals surface area contributed by atoms with Crippen LogP contribution in [0, 0.1) is 12.8 Å². The van der Waals surface area contributed by atoms with Crippen LogP contribution in [0.1, 0.15) is 25.8 Å². The van der Waals surface area contributed by atoms with Gasteiger partial charge in [0.2, 0.25) is 15.9 Å². The van der Waals surface area contributed by atoms with Gasteiger partial charge in [-0.05, 0) is 38.4 Å². The van der Waals surface area contributed by atoms with E-state index in [4.69, 9.17) is 0 Å². The largest absolute Gasteiger partial charge is 0.325 e. The molecule has 1 aromatic carbocycles. The fourth-order valence-corrected chi connectivity index (χ4v) is 5.94. The van der Waals surface area contributed by atoms with Crippen molar-refractivity contribution in [2.45, 2.75) is 38.3 Å². The Labute approximate surface area is 175 Å². The maximum absolute atomic E-state index is 13.4. The molecule has 0 N–H and O–H groups in total. The zero-order chi connectivity index (χ0) is 21.2. The van der Waals surface area contributed by atoms with Crippen molar-refractivity contribution in [1.29, 1.82) is 0 Å². The number of aryl methyl sites for hydroxylation is 1. The first-order valence-corrected chi connectivity index (χ1v) is 11.9. The van der Waals surface area contributed by atoms with Gasteiger partial charge in [-0.15, -0.1) is 0 Å². The third-order valence-electron chi connectivity index (χ3n) is 5.89. The van der Waals surface area contributed by atoms with Gasteiger partial charge in [-0.25, -0.2) is 8.42 Å². The van der Waals surface area contributed by atoms with E-state index in [0.29, 0.717) is 31.0 Å². The maximum atomic E-state index is 13.4. The van der Waals surface area contributed by atoms with Crippen LogP contribution >= 0.6 is 0 Å². The van der Waals surface area contributed by atoms with Gasteiger partial charge >= 0.3 is 0 Å². The molecule has 3 rings (SSSR count). The summed E-state index contributed by atoms with van der Waals surface area (Å²) in [5.41, 5.74) is 1.02. The van der Waals surface area contributed by atoms with E-state index >= 15 is 0 Å². The molecule has 2 aliphatic heterocycles. The standard InChI is InChI=1S/C21H34N4O3S/c1-17(2)21-24(20(26)16-23-14-12-22(4)13-15-23)10-5-11-25(21)29(27,28)19-8-6-18(3)7-9-19/h6-9,17,21H,5,10-16H2,1-4H3/t21-/m0/s1. The quantitative estimate of drug-likeness (QED) is 0.719. The molecule has 0 unspecified atom stereocenters. The van der Waals surface area contributed by atoms with Gasteiger partial charge < -0.3 is 9.80 Å². The molecular weight excluding hydrogens is 388 g/mol. The first-order chi connectivity index (χ1) is 13.7. The molecule has 29 heavy (non-hydrogen) atoms. The monoisotopic (exact) mass is 422 g/mol. The number of piperazine rings is 1. The molecule has 1 amide bonds. The SMILES string of the molecule is Cc1ccc(S(=O)(=O)N2CCCN(C(=O)CN3CCN(C)CC3)[C@@H]2C(C)C)cc1. The molecule has 1 atom stereocenters. The molecule has 2 heterocycles. The predicted molar refractivity (Wildman–Crippen MR) is 114 cm³/mol. The second-order valence-corrected chi connectivity index (χ2v) is 10.5. The second-order valence-electron chi connectivity index (χ2n) is 8.61. The minimum absolute atomic E-state index is 0.00645. The van der Waals surface area contributed by atoms with Crippen LogP contribution in [0.3, 0.4) is 0 Å². The lowest BCUT2D eigenvalue weighted by molar-refractivity contribution is -0.141. The minimum atomic E-state index is -3.66. The van der Waals surface area contributed by atoms with E-state index in [0.717, 1.165) is 31.7 Å². The van der Waals surface area contributed by atoms with Crippen LogP contribution in [0.15, 0.2) is 29.2 Å². The van der Waals surface area contributed by atoms with Crippen molar-refractivity contribution in [1.82, 2.24) is 19.0 Å². The third kappa shape index (κ3) is 4.99. The first-order valence-electron chi connectivity index (χ1n) is 10.5. The fourth-order valence-electron chi connectivity index (χ4n) is 4.18. The molecule has 2 fully saturated rings. The normalized spacial score (nSPS) is 22.9. The Balaban J connectivity index is 1.80. The first kappa shape index (κ1) is 22.2. The van der Waals surface area contributed by atoms with E-state index < -0.39 is 16.2 Å². The predicted octanol–water partition coefficient (Wildman–Crippen LogP) is 1.45. The summed E-state index contributed by atoms with van der Waals surface area (Å²) < 4.78 is 28.3. The van der Waals surface area contributed by atoms with E-state index in [9.17, 15) is 13.2 Å². The molecule has 1 aromatic rings. The average Bonchev–Trinajstić information content (AvgIpc) is 2.69. The molecule has 2 saturated heterocycles. The number of carbonyl (C=O) groups excluding carboxylic acids is 1. The average molecular weight is 423 g/mol. The number of rotatable bonds is 5. The van der Waals surface area contributed by atoms with Crippen LogP contribution in [0.2, 0.25) is 0 Å². The lowest BCUT2D eigenvalue weighted by Crippen LogP contribution is -2.61. The highest BCUT2D eigenvalue weighted by Crippen LogP contribution is 2.28. The van der Waals surface area contributed by atoms with Gasteiger partial charge in [0.25, 0.3) is 0 Å². The van der Waals surface area contributed by atoms with Crippen molar-refractivity contribution in [2.75, 3.05) is 52.9 Å². The van der Waals surface area contributed by atoms with Gasteiger partial charge in [-0.2, -0.15) is 4.31 Å². The summed E-state index contributed by atoms with van der Waals surface area (Å²) in [7, 11) is -1.57. The van der Waals surface area contributed by atoms with Gasteiger partial charge in [-0.3, -0.25) is 9.69 Å². The molecule has 0 bridgehead atoms. The highest BCUT2D eigenvalue weighted by Gasteiger charge is 2.41. The van der Waals surface area contributed by atoms with E-state index in [1.165, 1.54) is 4.31 Å². The molecule has 2 aliphatic rings. The summed E-state index contributed by atoms with van der Waals surface area (Å²) in [6.07, 6.45) is 0.206. The number of hydrogen-bond acceptors (Lipinski definition) is 5. The van der Waals surface area contributed by atoms with E-state index in [2.05, 4.69) is 16.8 Å². The van der Waals surface area contributed by atoms with Crippen molar-refractivity contribution >= 4 is 15.9 Å². The number of nitrogens with zero attached hydrogens (tertiary/aromatic N) is 4. The van der Waals surface area contributed by atoms with Crippen LogP contribution in [-0.2, 0) is 14.8 Å². The number of sulfonamides is 1. The summed E-state index contributed by atoms with van der Waals surface area (Å²) in [6, 6.07) is 6.95. The minimum Gasteiger partial charge on any atom is -0.325 e. The summed E-state index contributed by atoms with van der Waals surface area (Å²) >= 11 is 0. The zero-order valence-electron chi connectivity index (χ0n) is 18.0. The molecule has 0 aliphatic carbocycles. The maximum Gasteiger partial charge on any atom is 0.244 e. The Morgan fingerprint density at radius 1 is 1.03 bits per heavy atom. The molecule has 8 heteroatoms. The number of carbonyl (C=O) groups is 1. The van der Waals surface area contributed by atoms with Gasteiger partial charge in [0.15, 0.2) is 0 Å². The smallest absolute Gasteiger partial charge is 0.244 e. The van der Waals surface area contributed by atoms with Crippen LogP contribution in [0.5, 0.6) is 0 Å². The van der Waals surface area contributed by atoms with Crippen LogP contribution in [0.25, 0.3) is 0 Å². The van der Waals surface area contributed by atoms with E-state index in [-0.39, 0.29) is 11.8 Å².